The van der Waals surface area contributed by atoms with E-state index in [1.807, 2.05) is 4.90 Å². The summed E-state index contributed by atoms with van der Waals surface area (Å²) in [6, 6.07) is 8.04. The molecule has 0 bridgehead atoms. The average molecular weight is 515 g/mol. The largest absolute Gasteiger partial charge is 0.468 e. The number of alkyl carbamates (subject to hydrolysis) is 1. The van der Waals surface area contributed by atoms with E-state index in [-0.39, 0.29) is 24.2 Å². The first-order valence-corrected chi connectivity index (χ1v) is 12.1. The van der Waals surface area contributed by atoms with Crippen LogP contribution in [0.1, 0.15) is 49.5 Å². The molecule has 11 nitrogen and oxygen atoms in total. The number of likely N-dealkylation sites (tertiary alicyclic amines) is 1. The lowest BCUT2D eigenvalue weighted by atomic mass is 9.95. The zero-order valence-corrected chi connectivity index (χ0v) is 21.9. The number of carbonyl (C=O) groups is 3. The van der Waals surface area contributed by atoms with Crippen LogP contribution < -0.4 is 16.6 Å². The average Bonchev–Trinajstić information content (AvgIpc) is 3.24. The molecule has 0 spiro atoms. The van der Waals surface area contributed by atoms with Gasteiger partial charge in [-0.05, 0) is 59.2 Å². The Morgan fingerprint density at radius 3 is 2.41 bits per heavy atom. The molecule has 2 aromatic rings. The van der Waals surface area contributed by atoms with Gasteiger partial charge in [-0.1, -0.05) is 18.2 Å². The van der Waals surface area contributed by atoms with Gasteiger partial charge in [0.25, 0.3) is 11.5 Å². The SMILES string of the molecule is COC(=O)[C@@]1(Cn2cc(C)c(=O)n(C(=O)c3ccccc3)c2=O)CCCN1CCNC(=O)OC(C)(C)C. The Labute approximate surface area is 215 Å². The second-order valence-corrected chi connectivity index (χ2v) is 10.1. The maximum atomic E-state index is 13.4. The molecule has 37 heavy (non-hydrogen) atoms. The van der Waals surface area contributed by atoms with Gasteiger partial charge in [-0.15, -0.1) is 0 Å². The van der Waals surface area contributed by atoms with E-state index in [1.165, 1.54) is 36.9 Å². The van der Waals surface area contributed by atoms with Crippen molar-refractivity contribution in [1.82, 2.24) is 19.4 Å². The van der Waals surface area contributed by atoms with Gasteiger partial charge in [-0.2, -0.15) is 4.57 Å². The Morgan fingerprint density at radius 1 is 1.11 bits per heavy atom. The summed E-state index contributed by atoms with van der Waals surface area (Å²) in [5.41, 5.74) is -3.05. The Hall–Kier alpha value is -3.73. The summed E-state index contributed by atoms with van der Waals surface area (Å²) in [5, 5.41) is 2.68. The second-order valence-electron chi connectivity index (χ2n) is 10.1. The van der Waals surface area contributed by atoms with Crippen LogP contribution in [0.4, 0.5) is 4.79 Å². The van der Waals surface area contributed by atoms with Gasteiger partial charge in [0, 0.05) is 30.4 Å². The van der Waals surface area contributed by atoms with Crippen LogP contribution in [0.5, 0.6) is 0 Å². The smallest absolute Gasteiger partial charge is 0.407 e. The maximum absolute atomic E-state index is 13.4. The van der Waals surface area contributed by atoms with Gasteiger partial charge in [0.1, 0.15) is 11.1 Å². The maximum Gasteiger partial charge on any atom is 0.407 e. The number of nitrogens with zero attached hydrogens (tertiary/aromatic N) is 3. The Morgan fingerprint density at radius 2 is 1.78 bits per heavy atom. The number of aryl methyl sites for hydroxylation is 1. The van der Waals surface area contributed by atoms with Gasteiger partial charge in [-0.3, -0.25) is 19.1 Å². The number of amides is 1. The van der Waals surface area contributed by atoms with Crippen LogP contribution in [0.2, 0.25) is 0 Å². The molecule has 0 radical (unpaired) electrons. The number of carbonyl (C=O) groups excluding carboxylic acids is 3. The first-order chi connectivity index (χ1) is 17.4. The number of ether oxygens (including phenoxy) is 2. The molecule has 11 heteroatoms. The quantitative estimate of drug-likeness (QED) is 0.551. The lowest BCUT2D eigenvalue weighted by molar-refractivity contribution is -0.154. The van der Waals surface area contributed by atoms with E-state index >= 15 is 0 Å². The second kappa shape index (κ2) is 11.1. The standard InChI is InChI=1S/C26H34N4O7/c1-18-16-28(24(35)30(20(18)31)21(32)19-10-7-6-8-11-19)17-26(22(33)36-5)12-9-14-29(26)15-13-27-23(34)37-25(2,3)4/h6-8,10-11,16H,9,12-15,17H2,1-5H3,(H,27,34)/t26-/m0/s1. The van der Waals surface area contributed by atoms with E-state index in [0.29, 0.717) is 30.5 Å². The third kappa shape index (κ3) is 6.16. The van der Waals surface area contributed by atoms with Crippen molar-refractivity contribution < 1.29 is 23.9 Å². The molecule has 1 N–H and O–H groups in total. The van der Waals surface area contributed by atoms with Gasteiger partial charge >= 0.3 is 17.8 Å². The number of esters is 1. The first-order valence-electron chi connectivity index (χ1n) is 12.1. The van der Waals surface area contributed by atoms with Gasteiger partial charge in [0.2, 0.25) is 0 Å². The highest BCUT2D eigenvalue weighted by Gasteiger charge is 2.49. The van der Waals surface area contributed by atoms with Crippen molar-refractivity contribution in [2.75, 3.05) is 26.7 Å². The van der Waals surface area contributed by atoms with Gasteiger partial charge < -0.3 is 14.8 Å². The van der Waals surface area contributed by atoms with Crippen molar-refractivity contribution in [2.24, 2.45) is 0 Å². The third-order valence-corrected chi connectivity index (χ3v) is 6.22. The summed E-state index contributed by atoms with van der Waals surface area (Å²) >= 11 is 0. The molecule has 1 aliphatic heterocycles. The minimum absolute atomic E-state index is 0.131. The zero-order chi connectivity index (χ0) is 27.4. The van der Waals surface area contributed by atoms with Crippen LogP contribution in [-0.4, -0.2) is 69.9 Å². The molecule has 2 heterocycles. The molecular formula is C26H34N4O7. The summed E-state index contributed by atoms with van der Waals surface area (Å²) in [5.74, 6) is -1.29. The number of hydrogen-bond acceptors (Lipinski definition) is 8. The lowest BCUT2D eigenvalue weighted by Gasteiger charge is -2.36. The van der Waals surface area contributed by atoms with E-state index in [2.05, 4.69) is 5.32 Å². The fourth-order valence-electron chi connectivity index (χ4n) is 4.55. The van der Waals surface area contributed by atoms with E-state index in [9.17, 15) is 24.0 Å². The number of aromatic nitrogens is 2. The zero-order valence-electron chi connectivity index (χ0n) is 21.9. The molecule has 0 aliphatic carbocycles. The first kappa shape index (κ1) is 27.9. The van der Waals surface area contributed by atoms with Crippen molar-refractivity contribution in [1.29, 1.82) is 0 Å². The van der Waals surface area contributed by atoms with Crippen molar-refractivity contribution in [3.8, 4) is 0 Å². The molecular weight excluding hydrogens is 480 g/mol. The molecule has 1 saturated heterocycles. The van der Waals surface area contributed by atoms with Crippen LogP contribution >= 0.6 is 0 Å². The van der Waals surface area contributed by atoms with Gasteiger partial charge in [0.15, 0.2) is 0 Å². The molecule has 0 saturated carbocycles. The van der Waals surface area contributed by atoms with Crippen LogP contribution in [0.25, 0.3) is 0 Å². The highest BCUT2D eigenvalue weighted by Crippen LogP contribution is 2.32. The van der Waals surface area contributed by atoms with Crippen molar-refractivity contribution in [3.63, 3.8) is 0 Å². The predicted molar refractivity (Wildman–Crippen MR) is 136 cm³/mol. The predicted octanol–water partition coefficient (Wildman–Crippen LogP) is 1.54. The highest BCUT2D eigenvalue weighted by atomic mass is 16.6. The van der Waals surface area contributed by atoms with Gasteiger partial charge in [-0.25, -0.2) is 14.4 Å². The number of benzene rings is 1. The Balaban J connectivity index is 1.92. The normalized spacial score (nSPS) is 17.9. The number of methoxy groups -OCH3 is 1. The number of hydrogen-bond donors (Lipinski definition) is 1. The molecule has 200 valence electrons. The number of rotatable bonds is 7. The van der Waals surface area contributed by atoms with Crippen molar-refractivity contribution in [2.45, 2.75) is 58.2 Å². The van der Waals surface area contributed by atoms with Crippen LogP contribution in [-0.2, 0) is 20.8 Å². The summed E-state index contributed by atoms with van der Waals surface area (Å²) in [7, 11) is 1.27. The molecule has 3 rings (SSSR count). The van der Waals surface area contributed by atoms with E-state index in [4.69, 9.17) is 9.47 Å². The fraction of sp³-hybridized carbons (Fsp3) is 0.500. The van der Waals surface area contributed by atoms with E-state index in [0.717, 1.165) is 0 Å². The molecule has 0 unspecified atom stereocenters. The highest BCUT2D eigenvalue weighted by molar-refractivity contribution is 5.95. The minimum Gasteiger partial charge on any atom is -0.468 e. The fourth-order valence-corrected chi connectivity index (χ4v) is 4.55. The molecule has 1 aliphatic rings. The summed E-state index contributed by atoms with van der Waals surface area (Å²) in [6.45, 7) is 7.69. The minimum atomic E-state index is -1.22. The molecule has 1 aromatic carbocycles. The molecule has 1 amide bonds. The summed E-state index contributed by atoms with van der Waals surface area (Å²) < 4.78 is 12.2. The summed E-state index contributed by atoms with van der Waals surface area (Å²) in [4.78, 5) is 66.3. The summed E-state index contributed by atoms with van der Waals surface area (Å²) in [6.07, 6.45) is 1.83. The van der Waals surface area contributed by atoms with Crippen LogP contribution in [0.15, 0.2) is 46.1 Å². The van der Waals surface area contributed by atoms with Crippen LogP contribution in [0.3, 0.4) is 0 Å². The lowest BCUT2D eigenvalue weighted by Crippen LogP contribution is -2.58. The monoisotopic (exact) mass is 514 g/mol. The number of nitrogens with one attached hydrogen (secondary N) is 1. The van der Waals surface area contributed by atoms with Crippen LogP contribution in [0, 0.1) is 6.92 Å². The van der Waals surface area contributed by atoms with Gasteiger partial charge in [0.05, 0.1) is 13.7 Å². The van der Waals surface area contributed by atoms with Crippen molar-refractivity contribution >= 4 is 18.0 Å². The van der Waals surface area contributed by atoms with E-state index in [1.54, 1.807) is 39.0 Å². The Bertz CT molecular complexity index is 1280. The van der Waals surface area contributed by atoms with Crippen molar-refractivity contribution in [3.05, 3.63) is 68.5 Å². The topological polar surface area (TPSA) is 129 Å². The third-order valence-electron chi connectivity index (χ3n) is 6.22. The van der Waals surface area contributed by atoms with E-state index < -0.39 is 40.4 Å². The molecule has 1 aromatic heterocycles. The molecule has 1 fully saturated rings. The molecule has 1 atom stereocenters. The Kier molecular flexibility index (Phi) is 8.37.